The normalized spacial score (nSPS) is 9.65. The minimum atomic E-state index is 0.211. The minimum absolute atomic E-state index is 0.211. The van der Waals surface area contributed by atoms with E-state index in [9.17, 15) is 0 Å². The number of pyridine rings is 1. The van der Waals surface area contributed by atoms with Crippen LogP contribution in [0.2, 0.25) is 0 Å². The molecule has 0 aliphatic carbocycles. The van der Waals surface area contributed by atoms with Crippen LogP contribution < -0.4 is 5.73 Å². The van der Waals surface area contributed by atoms with E-state index in [1.807, 2.05) is 6.07 Å². The van der Waals surface area contributed by atoms with Crippen LogP contribution >= 0.6 is 11.8 Å². The van der Waals surface area contributed by atoms with E-state index >= 15 is 0 Å². The third-order valence-electron chi connectivity index (χ3n) is 2.40. The highest BCUT2D eigenvalue weighted by Gasteiger charge is 2.15. The van der Waals surface area contributed by atoms with E-state index in [0.29, 0.717) is 21.7 Å². The van der Waals surface area contributed by atoms with Gasteiger partial charge >= 0.3 is 0 Å². The fourth-order valence-corrected chi connectivity index (χ4v) is 2.52. The number of aromatic nitrogens is 1. The smallest absolute Gasteiger partial charge is 0.143 e. The van der Waals surface area contributed by atoms with Crippen molar-refractivity contribution in [2.45, 2.75) is 31.7 Å². The van der Waals surface area contributed by atoms with Crippen molar-refractivity contribution in [1.29, 1.82) is 10.5 Å². The predicted octanol–water partition coefficient (Wildman–Crippen LogP) is 2.61. The summed E-state index contributed by atoms with van der Waals surface area (Å²) >= 11 is 1.52. The zero-order valence-electron chi connectivity index (χ0n) is 9.95. The van der Waals surface area contributed by atoms with Gasteiger partial charge in [-0.1, -0.05) is 13.3 Å². The van der Waals surface area contributed by atoms with Gasteiger partial charge in [0, 0.05) is 0 Å². The number of anilines is 1. The summed E-state index contributed by atoms with van der Waals surface area (Å²) in [5.74, 6) is 1.12. The fraction of sp³-hybridized carbons (Fsp3) is 0.417. The molecule has 4 nitrogen and oxygen atoms in total. The quantitative estimate of drug-likeness (QED) is 0.651. The lowest BCUT2D eigenvalue weighted by Crippen LogP contribution is -2.03. The van der Waals surface area contributed by atoms with Crippen molar-refractivity contribution < 1.29 is 0 Å². The van der Waals surface area contributed by atoms with Gasteiger partial charge in [-0.25, -0.2) is 4.98 Å². The summed E-state index contributed by atoms with van der Waals surface area (Å²) in [5, 5.41) is 18.7. The van der Waals surface area contributed by atoms with Crippen LogP contribution in [0.3, 0.4) is 0 Å². The van der Waals surface area contributed by atoms with Crippen LogP contribution in [-0.2, 0) is 0 Å². The SMILES string of the molecule is CCCCSc1nc(N)c(C#N)c(C)c1C#N. The lowest BCUT2D eigenvalue weighted by atomic mass is 10.1. The first-order valence-corrected chi connectivity index (χ1v) is 6.37. The van der Waals surface area contributed by atoms with Gasteiger partial charge in [-0.3, -0.25) is 0 Å². The third kappa shape index (κ3) is 2.89. The largest absolute Gasteiger partial charge is 0.383 e. The van der Waals surface area contributed by atoms with Crippen molar-refractivity contribution in [3.05, 3.63) is 16.7 Å². The first-order valence-electron chi connectivity index (χ1n) is 5.38. The van der Waals surface area contributed by atoms with Crippen molar-refractivity contribution in [2.24, 2.45) is 0 Å². The molecule has 0 saturated carbocycles. The van der Waals surface area contributed by atoms with Crippen LogP contribution in [0.15, 0.2) is 5.03 Å². The zero-order chi connectivity index (χ0) is 12.8. The van der Waals surface area contributed by atoms with Crippen molar-refractivity contribution >= 4 is 17.6 Å². The molecular formula is C12H14N4S. The molecule has 0 aliphatic heterocycles. The van der Waals surface area contributed by atoms with Gasteiger partial charge in [0.1, 0.15) is 23.0 Å². The number of hydrogen-bond acceptors (Lipinski definition) is 5. The summed E-state index contributed by atoms with van der Waals surface area (Å²) in [6.45, 7) is 3.84. The summed E-state index contributed by atoms with van der Waals surface area (Å²) in [5.41, 5.74) is 7.11. The van der Waals surface area contributed by atoms with Crippen molar-refractivity contribution in [2.75, 3.05) is 11.5 Å². The maximum Gasteiger partial charge on any atom is 0.143 e. The lowest BCUT2D eigenvalue weighted by Gasteiger charge is -2.08. The number of rotatable bonds is 4. The maximum atomic E-state index is 9.11. The molecule has 1 aromatic rings. The van der Waals surface area contributed by atoms with E-state index in [-0.39, 0.29) is 5.82 Å². The van der Waals surface area contributed by atoms with Crippen LogP contribution in [0, 0.1) is 29.6 Å². The van der Waals surface area contributed by atoms with Gasteiger partial charge in [-0.2, -0.15) is 10.5 Å². The van der Waals surface area contributed by atoms with Crippen LogP contribution in [0.4, 0.5) is 5.82 Å². The second kappa shape index (κ2) is 6.12. The van der Waals surface area contributed by atoms with Gasteiger partial charge in [-0.15, -0.1) is 11.8 Å². The fourth-order valence-electron chi connectivity index (χ4n) is 1.39. The highest BCUT2D eigenvalue weighted by molar-refractivity contribution is 7.99. The average Bonchev–Trinajstić information content (AvgIpc) is 2.30. The van der Waals surface area contributed by atoms with Gasteiger partial charge in [0.25, 0.3) is 0 Å². The summed E-state index contributed by atoms with van der Waals surface area (Å²) in [6, 6.07) is 4.09. The molecule has 0 unspecified atom stereocenters. The van der Waals surface area contributed by atoms with E-state index in [4.69, 9.17) is 16.3 Å². The number of nitrogens with two attached hydrogens (primary N) is 1. The highest BCUT2D eigenvalue weighted by Crippen LogP contribution is 2.28. The molecule has 17 heavy (non-hydrogen) atoms. The number of hydrogen-bond donors (Lipinski definition) is 1. The summed E-state index contributed by atoms with van der Waals surface area (Å²) in [4.78, 5) is 4.14. The van der Waals surface area contributed by atoms with Gasteiger partial charge in [0.15, 0.2) is 0 Å². The van der Waals surface area contributed by atoms with Crippen molar-refractivity contribution in [1.82, 2.24) is 4.98 Å². The van der Waals surface area contributed by atoms with E-state index in [1.165, 1.54) is 11.8 Å². The third-order valence-corrected chi connectivity index (χ3v) is 3.46. The molecule has 0 aromatic carbocycles. The molecular weight excluding hydrogens is 232 g/mol. The molecule has 0 spiro atoms. The Balaban J connectivity index is 3.15. The van der Waals surface area contributed by atoms with E-state index < -0.39 is 0 Å². The first-order chi connectivity index (χ1) is 8.15. The summed E-state index contributed by atoms with van der Waals surface area (Å²) < 4.78 is 0. The molecule has 0 bridgehead atoms. The number of unbranched alkanes of at least 4 members (excludes halogenated alkanes) is 1. The van der Waals surface area contributed by atoms with E-state index in [2.05, 4.69) is 18.0 Å². The van der Waals surface area contributed by atoms with E-state index in [1.54, 1.807) is 6.92 Å². The highest BCUT2D eigenvalue weighted by atomic mass is 32.2. The van der Waals surface area contributed by atoms with Crippen LogP contribution in [-0.4, -0.2) is 10.7 Å². The minimum Gasteiger partial charge on any atom is -0.383 e. The molecule has 0 saturated heterocycles. The molecule has 88 valence electrons. The molecule has 0 aliphatic rings. The monoisotopic (exact) mass is 246 g/mol. The summed E-state index contributed by atoms with van der Waals surface area (Å²) in [7, 11) is 0. The molecule has 0 fully saturated rings. The Labute approximate surface area is 105 Å². The number of nitriles is 2. The van der Waals surface area contributed by atoms with Crippen LogP contribution in [0.5, 0.6) is 0 Å². The standard InChI is InChI=1S/C12H14N4S/c1-3-4-5-17-12-10(7-14)8(2)9(6-13)11(15)16-12/h3-5H2,1-2H3,(H2,15,16). The lowest BCUT2D eigenvalue weighted by molar-refractivity contribution is 0.894. The average molecular weight is 246 g/mol. The molecule has 1 heterocycles. The molecule has 5 heteroatoms. The summed E-state index contributed by atoms with van der Waals surface area (Å²) in [6.07, 6.45) is 2.16. The van der Waals surface area contributed by atoms with Gasteiger partial charge in [0.05, 0.1) is 11.1 Å². The number of thioether (sulfide) groups is 1. The Hall–Kier alpha value is -1.72. The molecule has 0 amide bonds. The number of nitrogen functional groups attached to an aromatic ring is 1. The van der Waals surface area contributed by atoms with E-state index in [0.717, 1.165) is 18.6 Å². The second-order valence-corrected chi connectivity index (χ2v) is 4.69. The van der Waals surface area contributed by atoms with Crippen molar-refractivity contribution in [3.63, 3.8) is 0 Å². The Morgan fingerprint density at radius 2 is 1.94 bits per heavy atom. The van der Waals surface area contributed by atoms with Crippen LogP contribution in [0.25, 0.3) is 0 Å². The van der Waals surface area contributed by atoms with Crippen LogP contribution in [0.1, 0.15) is 36.5 Å². The first kappa shape index (κ1) is 13.3. The molecule has 1 aromatic heterocycles. The van der Waals surface area contributed by atoms with Gasteiger partial charge in [0.2, 0.25) is 0 Å². The zero-order valence-corrected chi connectivity index (χ0v) is 10.8. The molecule has 2 N–H and O–H groups in total. The number of nitrogens with zero attached hydrogens (tertiary/aromatic N) is 3. The topological polar surface area (TPSA) is 86.5 Å². The Bertz CT molecular complexity index is 497. The molecule has 0 atom stereocenters. The Morgan fingerprint density at radius 3 is 2.47 bits per heavy atom. The van der Waals surface area contributed by atoms with Gasteiger partial charge < -0.3 is 5.73 Å². The second-order valence-electron chi connectivity index (χ2n) is 3.60. The molecule has 1 rings (SSSR count). The Morgan fingerprint density at radius 1 is 1.29 bits per heavy atom. The van der Waals surface area contributed by atoms with Gasteiger partial charge in [-0.05, 0) is 24.7 Å². The Kier molecular flexibility index (Phi) is 4.81. The molecule has 0 radical (unpaired) electrons. The van der Waals surface area contributed by atoms with Crippen molar-refractivity contribution in [3.8, 4) is 12.1 Å². The maximum absolute atomic E-state index is 9.11. The predicted molar refractivity (Wildman–Crippen MR) is 68.4 cm³/mol.